The quantitative estimate of drug-likeness (QED) is 0.267. The van der Waals surface area contributed by atoms with E-state index in [4.69, 9.17) is 5.53 Å². The molecule has 0 atom stereocenters. The summed E-state index contributed by atoms with van der Waals surface area (Å²) in [4.78, 5) is 2.67. The molecule has 0 aliphatic heterocycles. The van der Waals surface area contributed by atoms with Gasteiger partial charge in [0.2, 0.25) is 0 Å². The summed E-state index contributed by atoms with van der Waals surface area (Å²) >= 11 is 0. The standard InChI is InChI=1S/C6H12N4/c7-10-9-5-1-4-8-6-2-3-6/h6,8H,1-5H2. The zero-order chi connectivity index (χ0) is 7.23. The maximum absolute atomic E-state index is 7.93. The Morgan fingerprint density at radius 1 is 1.60 bits per heavy atom. The molecule has 0 radical (unpaired) electrons. The first-order valence-corrected chi connectivity index (χ1v) is 3.67. The molecule has 1 rings (SSSR count). The first kappa shape index (κ1) is 7.38. The van der Waals surface area contributed by atoms with E-state index in [9.17, 15) is 0 Å². The third-order valence-electron chi connectivity index (χ3n) is 1.51. The first-order chi connectivity index (χ1) is 4.93. The smallest absolute Gasteiger partial charge is 0.0269 e. The molecule has 4 nitrogen and oxygen atoms in total. The van der Waals surface area contributed by atoms with E-state index >= 15 is 0 Å². The van der Waals surface area contributed by atoms with Crippen LogP contribution in [0.2, 0.25) is 0 Å². The summed E-state index contributed by atoms with van der Waals surface area (Å²) in [6, 6.07) is 0.770. The number of nitrogens with zero attached hydrogens (tertiary/aromatic N) is 3. The van der Waals surface area contributed by atoms with Gasteiger partial charge in [0.05, 0.1) is 0 Å². The fourth-order valence-electron chi connectivity index (χ4n) is 0.788. The van der Waals surface area contributed by atoms with Crippen molar-refractivity contribution < 1.29 is 0 Å². The molecule has 0 aromatic carbocycles. The van der Waals surface area contributed by atoms with Gasteiger partial charge in [0.1, 0.15) is 0 Å². The van der Waals surface area contributed by atoms with Crippen LogP contribution in [0.4, 0.5) is 0 Å². The predicted molar refractivity (Wildman–Crippen MR) is 39.7 cm³/mol. The highest BCUT2D eigenvalue weighted by atomic mass is 15.1. The van der Waals surface area contributed by atoms with Crippen molar-refractivity contribution in [2.24, 2.45) is 5.11 Å². The molecule has 0 unspecified atom stereocenters. The van der Waals surface area contributed by atoms with Crippen LogP contribution in [0.1, 0.15) is 19.3 Å². The van der Waals surface area contributed by atoms with Crippen LogP contribution in [0.5, 0.6) is 0 Å². The Bertz CT molecular complexity index is 135. The first-order valence-electron chi connectivity index (χ1n) is 3.67. The van der Waals surface area contributed by atoms with Gasteiger partial charge in [-0.05, 0) is 31.3 Å². The van der Waals surface area contributed by atoms with Crippen LogP contribution < -0.4 is 5.32 Å². The lowest BCUT2D eigenvalue weighted by atomic mass is 10.4. The van der Waals surface area contributed by atoms with Crippen molar-refractivity contribution >= 4 is 0 Å². The molecule has 0 aromatic rings. The molecule has 0 aromatic heterocycles. The highest BCUT2D eigenvalue weighted by Crippen LogP contribution is 2.18. The second kappa shape index (κ2) is 4.14. The van der Waals surface area contributed by atoms with E-state index in [1.165, 1.54) is 12.8 Å². The molecule has 1 aliphatic rings. The molecule has 1 saturated carbocycles. The van der Waals surface area contributed by atoms with Crippen LogP contribution in [-0.2, 0) is 0 Å². The van der Waals surface area contributed by atoms with Crippen LogP contribution in [0.3, 0.4) is 0 Å². The molecule has 1 fully saturated rings. The van der Waals surface area contributed by atoms with Crippen molar-refractivity contribution in [3.63, 3.8) is 0 Å². The van der Waals surface area contributed by atoms with Crippen LogP contribution in [0.25, 0.3) is 10.4 Å². The summed E-state index contributed by atoms with van der Waals surface area (Å²) in [6.07, 6.45) is 3.60. The normalized spacial score (nSPS) is 16.4. The molecule has 0 amide bonds. The molecule has 0 bridgehead atoms. The second-order valence-electron chi connectivity index (χ2n) is 2.54. The third-order valence-corrected chi connectivity index (χ3v) is 1.51. The molecule has 4 heteroatoms. The highest BCUT2D eigenvalue weighted by molar-refractivity contribution is 4.80. The molecule has 0 heterocycles. The lowest BCUT2D eigenvalue weighted by Gasteiger charge is -1.97. The summed E-state index contributed by atoms with van der Waals surface area (Å²) in [5.74, 6) is 0. The molecular formula is C6H12N4. The lowest BCUT2D eigenvalue weighted by Crippen LogP contribution is -2.17. The molecule has 56 valence electrons. The summed E-state index contributed by atoms with van der Waals surface area (Å²) in [6.45, 7) is 1.61. The predicted octanol–water partition coefficient (Wildman–Crippen LogP) is 1.44. The monoisotopic (exact) mass is 140 g/mol. The van der Waals surface area contributed by atoms with Crippen LogP contribution in [-0.4, -0.2) is 19.1 Å². The van der Waals surface area contributed by atoms with E-state index < -0.39 is 0 Å². The molecule has 1 aliphatic carbocycles. The van der Waals surface area contributed by atoms with Gasteiger partial charge in [-0.25, -0.2) is 0 Å². The number of hydrogen-bond donors (Lipinski definition) is 1. The summed E-state index contributed by atoms with van der Waals surface area (Å²) < 4.78 is 0. The van der Waals surface area contributed by atoms with Gasteiger partial charge >= 0.3 is 0 Å². The molecule has 10 heavy (non-hydrogen) atoms. The minimum atomic E-state index is 0.621. The lowest BCUT2D eigenvalue weighted by molar-refractivity contribution is 0.650. The third kappa shape index (κ3) is 3.33. The number of azide groups is 1. The number of rotatable bonds is 5. The van der Waals surface area contributed by atoms with Crippen molar-refractivity contribution in [1.82, 2.24) is 5.32 Å². The van der Waals surface area contributed by atoms with Gasteiger partial charge in [0.25, 0.3) is 0 Å². The average Bonchev–Trinajstić information content (AvgIpc) is 2.71. The van der Waals surface area contributed by atoms with Gasteiger partial charge in [0, 0.05) is 17.5 Å². The van der Waals surface area contributed by atoms with Crippen LogP contribution in [0, 0.1) is 0 Å². The Morgan fingerprint density at radius 3 is 3.00 bits per heavy atom. The fraction of sp³-hybridized carbons (Fsp3) is 1.00. The van der Waals surface area contributed by atoms with Gasteiger partial charge in [-0.1, -0.05) is 5.11 Å². The Labute approximate surface area is 60.2 Å². The Kier molecular flexibility index (Phi) is 3.06. The van der Waals surface area contributed by atoms with Crippen molar-refractivity contribution in [3.05, 3.63) is 10.4 Å². The van der Waals surface area contributed by atoms with E-state index in [0.29, 0.717) is 6.54 Å². The largest absolute Gasteiger partial charge is 0.314 e. The van der Waals surface area contributed by atoms with E-state index in [-0.39, 0.29) is 0 Å². The van der Waals surface area contributed by atoms with Gasteiger partial charge in [-0.15, -0.1) is 0 Å². The van der Waals surface area contributed by atoms with Crippen molar-refractivity contribution in [1.29, 1.82) is 0 Å². The van der Waals surface area contributed by atoms with Gasteiger partial charge in [-0.3, -0.25) is 0 Å². The highest BCUT2D eigenvalue weighted by Gasteiger charge is 2.19. The van der Waals surface area contributed by atoms with Crippen LogP contribution in [0.15, 0.2) is 5.11 Å². The zero-order valence-electron chi connectivity index (χ0n) is 5.95. The Morgan fingerprint density at radius 2 is 2.40 bits per heavy atom. The zero-order valence-corrected chi connectivity index (χ0v) is 5.95. The SMILES string of the molecule is [N-]=[N+]=NCCCNC1CC1. The maximum atomic E-state index is 7.93. The van der Waals surface area contributed by atoms with E-state index in [1.807, 2.05) is 0 Å². The van der Waals surface area contributed by atoms with Gasteiger partial charge in [0.15, 0.2) is 0 Å². The van der Waals surface area contributed by atoms with Gasteiger partial charge in [-0.2, -0.15) is 0 Å². The van der Waals surface area contributed by atoms with Crippen molar-refractivity contribution in [2.45, 2.75) is 25.3 Å². The second-order valence-corrected chi connectivity index (χ2v) is 2.54. The van der Waals surface area contributed by atoms with Gasteiger partial charge < -0.3 is 5.32 Å². The average molecular weight is 140 g/mol. The topological polar surface area (TPSA) is 60.8 Å². The number of hydrogen-bond acceptors (Lipinski definition) is 2. The van der Waals surface area contributed by atoms with E-state index in [2.05, 4.69) is 15.3 Å². The Balaban J connectivity index is 1.80. The number of nitrogens with one attached hydrogen (secondary N) is 1. The van der Waals surface area contributed by atoms with Crippen LogP contribution >= 0.6 is 0 Å². The van der Waals surface area contributed by atoms with E-state index in [1.54, 1.807) is 0 Å². The minimum Gasteiger partial charge on any atom is -0.314 e. The fourth-order valence-corrected chi connectivity index (χ4v) is 0.788. The van der Waals surface area contributed by atoms with Crippen molar-refractivity contribution in [3.8, 4) is 0 Å². The maximum Gasteiger partial charge on any atom is 0.0269 e. The molecule has 1 N–H and O–H groups in total. The molecular weight excluding hydrogens is 128 g/mol. The summed E-state index contributed by atoms with van der Waals surface area (Å²) in [5, 5.41) is 6.76. The van der Waals surface area contributed by atoms with E-state index in [0.717, 1.165) is 19.0 Å². The summed E-state index contributed by atoms with van der Waals surface area (Å²) in [5.41, 5.74) is 7.93. The summed E-state index contributed by atoms with van der Waals surface area (Å²) in [7, 11) is 0. The molecule has 0 saturated heterocycles. The molecule has 0 spiro atoms. The van der Waals surface area contributed by atoms with Crippen molar-refractivity contribution in [2.75, 3.05) is 13.1 Å². The Hall–Kier alpha value is -0.730. The minimum absolute atomic E-state index is 0.621.